The van der Waals surface area contributed by atoms with E-state index in [1.165, 1.54) is 6.33 Å². The summed E-state index contributed by atoms with van der Waals surface area (Å²) in [6.45, 7) is 2.04. The number of rotatable bonds is 4. The van der Waals surface area contributed by atoms with Gasteiger partial charge >= 0.3 is 0 Å². The average molecular weight is 390 g/mol. The van der Waals surface area contributed by atoms with Crippen molar-refractivity contribution in [2.24, 2.45) is 0 Å². The fourth-order valence-electron chi connectivity index (χ4n) is 3.37. The van der Waals surface area contributed by atoms with E-state index in [4.69, 9.17) is 16.6 Å². The number of benzene rings is 2. The fourth-order valence-corrected chi connectivity index (χ4v) is 3.58. The van der Waals surface area contributed by atoms with Gasteiger partial charge in [0.05, 0.1) is 22.9 Å². The summed E-state index contributed by atoms with van der Waals surface area (Å²) in [4.78, 5) is 20.6. The Kier molecular flexibility index (Phi) is 3.95. The topological polar surface area (TPSA) is 84.3 Å². The van der Waals surface area contributed by atoms with Crippen molar-refractivity contribution >= 4 is 39.6 Å². The van der Waals surface area contributed by atoms with Gasteiger partial charge in [-0.15, -0.1) is 0 Å². The third-order valence-corrected chi connectivity index (χ3v) is 4.94. The fraction of sp³-hybridized carbons (Fsp3) is 0.100. The number of halogens is 1. The Morgan fingerprint density at radius 3 is 2.75 bits per heavy atom. The van der Waals surface area contributed by atoms with Crippen molar-refractivity contribution < 1.29 is 0 Å². The second-order valence-electron chi connectivity index (χ2n) is 6.44. The summed E-state index contributed by atoms with van der Waals surface area (Å²) in [6.07, 6.45) is 3.10. The standard InChI is InChI=1S/C20H16ClN7/c1-12(26-19-17-18(23-10-22-17)24-11-25-19)20-27-16-14(21)8-5-9-15(16)28(20)13-6-3-2-4-7-13/h2-12H,1H3,(H2,22,23,24,25,26)/t12-/m0/s1. The number of hydrogen-bond donors (Lipinski definition) is 2. The number of fused-ring (bicyclic) bond motifs is 2. The summed E-state index contributed by atoms with van der Waals surface area (Å²) < 4.78 is 2.12. The predicted octanol–water partition coefficient (Wildman–Crippen LogP) is 4.52. The largest absolute Gasteiger partial charge is 0.358 e. The number of nitrogens with zero attached hydrogens (tertiary/aromatic N) is 5. The molecule has 5 rings (SSSR count). The molecule has 0 saturated carbocycles. The first kappa shape index (κ1) is 16.7. The van der Waals surface area contributed by atoms with Crippen molar-refractivity contribution in [2.75, 3.05) is 5.32 Å². The summed E-state index contributed by atoms with van der Waals surface area (Å²) in [5.74, 6) is 1.51. The van der Waals surface area contributed by atoms with Gasteiger partial charge in [-0.05, 0) is 31.2 Å². The maximum atomic E-state index is 6.43. The predicted molar refractivity (Wildman–Crippen MR) is 110 cm³/mol. The van der Waals surface area contributed by atoms with Crippen LogP contribution >= 0.6 is 11.6 Å². The SMILES string of the molecule is C[C@H](Nc1ncnc2nc[nH]c12)c1nc2c(Cl)cccc2n1-c1ccccc1. The third-order valence-electron chi connectivity index (χ3n) is 4.64. The highest BCUT2D eigenvalue weighted by Gasteiger charge is 2.20. The number of aromatic nitrogens is 6. The van der Waals surface area contributed by atoms with Crippen LogP contribution in [0.2, 0.25) is 5.02 Å². The number of anilines is 1. The molecule has 8 heteroatoms. The summed E-state index contributed by atoms with van der Waals surface area (Å²) >= 11 is 6.43. The molecule has 0 unspecified atom stereocenters. The van der Waals surface area contributed by atoms with Crippen LogP contribution in [0.15, 0.2) is 61.2 Å². The zero-order valence-electron chi connectivity index (χ0n) is 15.0. The molecule has 7 nitrogen and oxygen atoms in total. The van der Waals surface area contributed by atoms with Gasteiger partial charge in [-0.3, -0.25) is 4.57 Å². The van der Waals surface area contributed by atoms with E-state index < -0.39 is 0 Å². The number of H-pyrrole nitrogens is 1. The van der Waals surface area contributed by atoms with Crippen LogP contribution in [0, 0.1) is 0 Å². The third kappa shape index (κ3) is 2.68. The van der Waals surface area contributed by atoms with E-state index >= 15 is 0 Å². The lowest BCUT2D eigenvalue weighted by Gasteiger charge is -2.17. The van der Waals surface area contributed by atoms with E-state index in [-0.39, 0.29) is 6.04 Å². The van der Waals surface area contributed by atoms with Crippen LogP contribution < -0.4 is 5.32 Å². The van der Waals surface area contributed by atoms with Gasteiger partial charge < -0.3 is 10.3 Å². The molecule has 1 atom stereocenters. The Hall–Kier alpha value is -3.45. The van der Waals surface area contributed by atoms with E-state index in [1.54, 1.807) is 6.33 Å². The molecule has 3 aromatic heterocycles. The van der Waals surface area contributed by atoms with Gasteiger partial charge in [-0.1, -0.05) is 35.9 Å². The van der Waals surface area contributed by atoms with Crippen molar-refractivity contribution in [3.8, 4) is 5.69 Å². The highest BCUT2D eigenvalue weighted by atomic mass is 35.5. The van der Waals surface area contributed by atoms with Crippen molar-refractivity contribution in [3.63, 3.8) is 0 Å². The van der Waals surface area contributed by atoms with Gasteiger partial charge in [0.2, 0.25) is 0 Å². The minimum Gasteiger partial charge on any atom is -0.358 e. The van der Waals surface area contributed by atoms with Crippen LogP contribution in [0.1, 0.15) is 18.8 Å². The van der Waals surface area contributed by atoms with Crippen molar-refractivity contribution in [2.45, 2.75) is 13.0 Å². The van der Waals surface area contributed by atoms with E-state index in [9.17, 15) is 0 Å². The number of aromatic amines is 1. The molecular formula is C20H16ClN7. The van der Waals surface area contributed by atoms with E-state index in [0.717, 1.165) is 28.1 Å². The monoisotopic (exact) mass is 389 g/mol. The van der Waals surface area contributed by atoms with Gasteiger partial charge in [-0.2, -0.15) is 0 Å². The molecule has 0 saturated heterocycles. The Morgan fingerprint density at radius 2 is 1.89 bits per heavy atom. The van der Waals surface area contributed by atoms with Crippen LogP contribution in [0.4, 0.5) is 5.82 Å². The van der Waals surface area contributed by atoms with Gasteiger partial charge in [-0.25, -0.2) is 19.9 Å². The quantitative estimate of drug-likeness (QED) is 0.472. The molecule has 2 aromatic carbocycles. The van der Waals surface area contributed by atoms with Crippen molar-refractivity contribution in [1.29, 1.82) is 0 Å². The molecule has 5 aromatic rings. The van der Waals surface area contributed by atoms with Crippen LogP contribution in [0.5, 0.6) is 0 Å². The minimum absolute atomic E-state index is 0.148. The minimum atomic E-state index is -0.148. The van der Waals surface area contributed by atoms with Gasteiger partial charge in [0.25, 0.3) is 0 Å². The molecule has 0 aliphatic rings. The summed E-state index contributed by atoms with van der Waals surface area (Å²) in [5, 5.41) is 4.05. The second kappa shape index (κ2) is 6.61. The number of hydrogen-bond acceptors (Lipinski definition) is 5. The first-order chi connectivity index (χ1) is 13.7. The maximum Gasteiger partial charge on any atom is 0.182 e. The Labute approximate surface area is 165 Å². The molecule has 0 bridgehead atoms. The molecule has 0 fully saturated rings. The zero-order valence-corrected chi connectivity index (χ0v) is 15.7. The molecule has 0 aliphatic heterocycles. The molecule has 138 valence electrons. The molecule has 3 heterocycles. The van der Waals surface area contributed by atoms with Gasteiger partial charge in [0.1, 0.15) is 23.2 Å². The van der Waals surface area contributed by atoms with E-state index in [2.05, 4.69) is 42.0 Å². The van der Waals surface area contributed by atoms with Crippen LogP contribution in [-0.2, 0) is 0 Å². The lowest BCUT2D eigenvalue weighted by atomic mass is 10.2. The zero-order chi connectivity index (χ0) is 19.1. The lowest BCUT2D eigenvalue weighted by molar-refractivity contribution is 0.769. The first-order valence-corrected chi connectivity index (χ1v) is 9.23. The highest BCUT2D eigenvalue weighted by Crippen LogP contribution is 2.31. The van der Waals surface area contributed by atoms with E-state index in [0.29, 0.717) is 16.5 Å². The van der Waals surface area contributed by atoms with Crippen LogP contribution in [0.25, 0.3) is 27.9 Å². The molecule has 0 spiro atoms. The Bertz CT molecular complexity index is 1280. The number of para-hydroxylation sites is 2. The maximum absolute atomic E-state index is 6.43. The Morgan fingerprint density at radius 1 is 1.04 bits per heavy atom. The summed E-state index contributed by atoms with van der Waals surface area (Å²) in [5.41, 5.74) is 4.12. The molecule has 0 radical (unpaired) electrons. The molecule has 0 aliphatic carbocycles. The molecule has 2 N–H and O–H groups in total. The summed E-state index contributed by atoms with van der Waals surface area (Å²) in [7, 11) is 0. The van der Waals surface area contributed by atoms with E-state index in [1.807, 2.05) is 43.3 Å². The average Bonchev–Trinajstić information content (AvgIpc) is 3.34. The van der Waals surface area contributed by atoms with Crippen molar-refractivity contribution in [1.82, 2.24) is 29.5 Å². The first-order valence-electron chi connectivity index (χ1n) is 8.85. The summed E-state index contributed by atoms with van der Waals surface area (Å²) in [6, 6.07) is 15.8. The second-order valence-corrected chi connectivity index (χ2v) is 6.85. The van der Waals surface area contributed by atoms with Gasteiger partial charge in [0.15, 0.2) is 11.5 Å². The molecule has 0 amide bonds. The Balaban J connectivity index is 1.66. The van der Waals surface area contributed by atoms with Crippen LogP contribution in [-0.4, -0.2) is 29.5 Å². The normalized spacial score (nSPS) is 12.5. The molecule has 28 heavy (non-hydrogen) atoms. The smallest absolute Gasteiger partial charge is 0.182 e. The molecular weight excluding hydrogens is 374 g/mol. The van der Waals surface area contributed by atoms with Crippen LogP contribution in [0.3, 0.4) is 0 Å². The number of imidazole rings is 2. The van der Waals surface area contributed by atoms with Gasteiger partial charge in [0, 0.05) is 5.69 Å². The lowest BCUT2D eigenvalue weighted by Crippen LogP contribution is -2.14. The van der Waals surface area contributed by atoms with Crippen molar-refractivity contribution in [3.05, 3.63) is 72.0 Å². The number of nitrogens with one attached hydrogen (secondary N) is 2. The highest BCUT2D eigenvalue weighted by molar-refractivity contribution is 6.35.